The number of aliphatic hydroxyl groups is 3. The molecular weight excluding hydrogens is 518 g/mol. The number of benzene rings is 2. The highest BCUT2D eigenvalue weighted by Gasteiger charge is 2.63. The maximum Gasteiger partial charge on any atom is 0.255 e. The fourth-order valence-corrected chi connectivity index (χ4v) is 6.39. The molecule has 3 aliphatic carbocycles. The van der Waals surface area contributed by atoms with Crippen LogP contribution in [0, 0.1) is 11.3 Å². The molecule has 2 aromatic rings. The van der Waals surface area contributed by atoms with Gasteiger partial charge in [0, 0.05) is 55.2 Å². The van der Waals surface area contributed by atoms with Crippen molar-refractivity contribution in [3.63, 3.8) is 0 Å². The Hall–Kier alpha value is -4.64. The average molecular weight is 548 g/mol. The highest BCUT2D eigenvalue weighted by Crippen LogP contribution is 2.57. The van der Waals surface area contributed by atoms with Crippen LogP contribution in [0.1, 0.15) is 39.1 Å². The van der Waals surface area contributed by atoms with Crippen molar-refractivity contribution in [2.24, 2.45) is 17.1 Å². The van der Waals surface area contributed by atoms with Crippen LogP contribution in [0.15, 0.2) is 65.1 Å². The lowest BCUT2D eigenvalue weighted by Crippen LogP contribution is -2.61. The van der Waals surface area contributed by atoms with Crippen LogP contribution in [0.25, 0.3) is 0 Å². The predicted octanol–water partition coefficient (Wildman–Crippen LogP) is 1.45. The number of hydrogen-bond donors (Lipinski definition) is 6. The molecule has 3 atom stereocenters. The summed E-state index contributed by atoms with van der Waals surface area (Å²) in [6.45, 7) is -0.179. The van der Waals surface area contributed by atoms with Gasteiger partial charge < -0.3 is 36.4 Å². The van der Waals surface area contributed by atoms with E-state index in [2.05, 4.69) is 5.32 Å². The van der Waals surface area contributed by atoms with Crippen molar-refractivity contribution >= 4 is 29.1 Å². The van der Waals surface area contributed by atoms with Crippen LogP contribution in [0.5, 0.6) is 5.75 Å². The summed E-state index contributed by atoms with van der Waals surface area (Å²) >= 11 is 0. The van der Waals surface area contributed by atoms with Crippen LogP contribution in [0.4, 0.5) is 5.69 Å². The van der Waals surface area contributed by atoms with Crippen LogP contribution in [0.2, 0.25) is 0 Å². The number of aromatic hydroxyl groups is 1. The van der Waals surface area contributed by atoms with Gasteiger partial charge in [0.1, 0.15) is 22.8 Å². The number of aliphatic hydroxyl groups excluding tert-OH is 2. The maximum absolute atomic E-state index is 14.1. The maximum atomic E-state index is 14.1. The van der Waals surface area contributed by atoms with E-state index in [1.54, 1.807) is 55.4 Å². The predicted molar refractivity (Wildman–Crippen MR) is 143 cm³/mol. The molecule has 5 rings (SSSR count). The van der Waals surface area contributed by atoms with Crippen molar-refractivity contribution in [3.05, 3.63) is 81.8 Å². The molecule has 208 valence electrons. The van der Waals surface area contributed by atoms with Crippen LogP contribution in [0.3, 0.4) is 0 Å². The monoisotopic (exact) mass is 547 g/mol. The smallest absolute Gasteiger partial charge is 0.255 e. The Labute approximate surface area is 229 Å². The van der Waals surface area contributed by atoms with Gasteiger partial charge in [-0.25, -0.2) is 0 Å². The Bertz CT molecular complexity index is 1540. The molecule has 11 heteroatoms. The van der Waals surface area contributed by atoms with Crippen molar-refractivity contribution in [1.29, 1.82) is 0 Å². The number of hydrogen-bond acceptors (Lipinski definition) is 9. The van der Waals surface area contributed by atoms with Gasteiger partial charge in [-0.1, -0.05) is 18.2 Å². The van der Waals surface area contributed by atoms with Gasteiger partial charge in [-0.2, -0.15) is 0 Å². The summed E-state index contributed by atoms with van der Waals surface area (Å²) < 4.78 is 0. The number of ketones is 2. The first kappa shape index (κ1) is 26.9. The zero-order valence-corrected chi connectivity index (χ0v) is 21.9. The molecule has 0 unspecified atom stereocenters. The van der Waals surface area contributed by atoms with Crippen LogP contribution in [-0.2, 0) is 16.0 Å². The number of rotatable bonds is 5. The lowest BCUT2D eigenvalue weighted by Gasteiger charge is -2.51. The zero-order valence-electron chi connectivity index (χ0n) is 21.9. The highest BCUT2D eigenvalue weighted by molar-refractivity contribution is 6.24. The standard InChI is InChI=1S/C29H29N3O8/c1-32(2)17-8-9-18(33)20-16(17)12-28(13-31-27(39)14-6-4-3-5-7-14)11-15-10-19(34)21(26(30)38)24(36)29(15,40)25(37)22(28)23(20)35/h3-9,15,33-34,37,40H,10-13H2,1-2H3,(H2,30,38)(H,31,39)/t15-,28-,29-/m1/s1. The molecule has 2 amide bonds. The molecule has 0 saturated carbocycles. The molecule has 0 aliphatic heterocycles. The highest BCUT2D eigenvalue weighted by atomic mass is 16.3. The van der Waals surface area contributed by atoms with Gasteiger partial charge in [0.2, 0.25) is 5.78 Å². The number of amides is 2. The summed E-state index contributed by atoms with van der Waals surface area (Å²) in [5.74, 6) is -7.00. The largest absolute Gasteiger partial charge is 0.511 e. The van der Waals surface area contributed by atoms with Gasteiger partial charge in [0.25, 0.3) is 11.8 Å². The summed E-state index contributed by atoms with van der Waals surface area (Å²) in [6, 6.07) is 11.3. The van der Waals surface area contributed by atoms with Crippen molar-refractivity contribution in [3.8, 4) is 5.75 Å². The number of carbonyl (C=O) groups excluding carboxylic acids is 4. The number of nitrogens with two attached hydrogens (primary N) is 1. The third kappa shape index (κ3) is 3.76. The Kier molecular flexibility index (Phi) is 6.22. The Morgan fingerprint density at radius 3 is 2.38 bits per heavy atom. The first-order valence-corrected chi connectivity index (χ1v) is 12.7. The molecule has 3 aliphatic rings. The number of primary amides is 1. The number of Topliss-reactive ketones (excluding diaryl/α,β-unsaturated/α-hetero) is 2. The van der Waals surface area contributed by atoms with Crippen molar-refractivity contribution in [1.82, 2.24) is 5.32 Å². The molecule has 0 spiro atoms. The van der Waals surface area contributed by atoms with Crippen LogP contribution < -0.4 is 16.0 Å². The van der Waals surface area contributed by atoms with Gasteiger partial charge in [0.15, 0.2) is 11.4 Å². The number of anilines is 1. The first-order chi connectivity index (χ1) is 18.8. The van der Waals surface area contributed by atoms with E-state index >= 15 is 0 Å². The minimum atomic E-state index is -2.72. The summed E-state index contributed by atoms with van der Waals surface area (Å²) in [5, 5.41) is 47.3. The quantitative estimate of drug-likeness (QED) is 0.301. The summed E-state index contributed by atoms with van der Waals surface area (Å²) in [4.78, 5) is 54.2. The van der Waals surface area contributed by atoms with E-state index in [1.807, 2.05) is 0 Å². The first-order valence-electron chi connectivity index (χ1n) is 12.7. The summed E-state index contributed by atoms with van der Waals surface area (Å²) in [7, 11) is 3.52. The SMILES string of the molecule is CN(C)c1ccc(O)c2c1C[C@@]1(CNC(=O)c3ccccc3)C[C@H]3CC(O)=C(C(N)=O)C(=O)[C@@]3(O)C(O)=C1C2=O. The average Bonchev–Trinajstić information content (AvgIpc) is 2.89. The second kappa shape index (κ2) is 9.23. The molecular formula is C29H29N3O8. The molecule has 0 aromatic heterocycles. The number of allylic oxidation sites excluding steroid dienone is 1. The molecule has 0 heterocycles. The van der Waals surface area contributed by atoms with E-state index in [0.717, 1.165) is 0 Å². The Morgan fingerprint density at radius 1 is 1.07 bits per heavy atom. The minimum Gasteiger partial charge on any atom is -0.511 e. The molecule has 0 bridgehead atoms. The molecule has 0 saturated heterocycles. The fraction of sp³-hybridized carbons (Fsp3) is 0.310. The van der Waals surface area contributed by atoms with Crippen LogP contribution in [-0.4, -0.2) is 70.0 Å². The van der Waals surface area contributed by atoms with E-state index in [4.69, 9.17) is 5.73 Å². The molecule has 2 aromatic carbocycles. The van der Waals surface area contributed by atoms with Gasteiger partial charge in [-0.05, 0) is 42.7 Å². The lowest BCUT2D eigenvalue weighted by atomic mass is 9.53. The van der Waals surface area contributed by atoms with E-state index in [0.29, 0.717) is 16.8 Å². The van der Waals surface area contributed by atoms with Crippen LogP contribution >= 0.6 is 0 Å². The molecule has 11 nitrogen and oxygen atoms in total. The van der Waals surface area contributed by atoms with Crippen molar-refractivity contribution in [2.75, 3.05) is 25.5 Å². The van der Waals surface area contributed by atoms with E-state index in [-0.39, 0.29) is 42.7 Å². The number of fused-ring (bicyclic) bond motifs is 3. The summed E-state index contributed by atoms with van der Waals surface area (Å²) in [6.07, 6.45) is -0.472. The molecule has 7 N–H and O–H groups in total. The summed E-state index contributed by atoms with van der Waals surface area (Å²) in [5.41, 5.74) is 1.35. The molecule has 40 heavy (non-hydrogen) atoms. The Morgan fingerprint density at radius 2 is 1.75 bits per heavy atom. The van der Waals surface area contributed by atoms with Gasteiger partial charge in [0.05, 0.1) is 5.56 Å². The lowest BCUT2D eigenvalue weighted by molar-refractivity contribution is -0.145. The third-order valence-electron chi connectivity index (χ3n) is 8.24. The zero-order chi connectivity index (χ0) is 29.1. The van der Waals surface area contributed by atoms with Gasteiger partial charge in [-0.15, -0.1) is 0 Å². The van der Waals surface area contributed by atoms with E-state index in [9.17, 15) is 39.6 Å². The molecule has 0 fully saturated rings. The van der Waals surface area contributed by atoms with E-state index in [1.165, 1.54) is 6.07 Å². The minimum absolute atomic E-state index is 0.0401. The number of phenols is 1. The second-order valence-corrected chi connectivity index (χ2v) is 10.8. The molecule has 0 radical (unpaired) electrons. The van der Waals surface area contributed by atoms with Crippen molar-refractivity contribution in [2.45, 2.75) is 24.9 Å². The number of nitrogens with one attached hydrogen (secondary N) is 1. The van der Waals surface area contributed by atoms with Gasteiger partial charge in [-0.3, -0.25) is 19.2 Å². The number of phenolic OH excluding ortho intramolecular Hbond substituents is 1. The number of carbonyl (C=O) groups is 4. The number of nitrogens with zero attached hydrogens (tertiary/aromatic N) is 1. The normalized spacial score (nSPS) is 25.6. The second-order valence-electron chi connectivity index (χ2n) is 10.8. The van der Waals surface area contributed by atoms with E-state index < -0.39 is 57.4 Å². The third-order valence-corrected chi connectivity index (χ3v) is 8.24. The Balaban J connectivity index is 1.72. The van der Waals surface area contributed by atoms with Crippen molar-refractivity contribution < 1.29 is 39.6 Å². The fourth-order valence-electron chi connectivity index (χ4n) is 6.39. The topological polar surface area (TPSA) is 190 Å². The van der Waals surface area contributed by atoms with Gasteiger partial charge >= 0.3 is 0 Å².